The monoisotopic (exact) mass is 266 g/mol. The molecule has 0 spiro atoms. The van der Waals surface area contributed by atoms with E-state index in [1.54, 1.807) is 13.8 Å². The molecule has 0 heterocycles. The fourth-order valence-corrected chi connectivity index (χ4v) is 3.38. The van der Waals surface area contributed by atoms with Gasteiger partial charge >= 0.3 is 0 Å². The molecule has 0 aromatic heterocycles. The third-order valence-corrected chi connectivity index (χ3v) is 5.83. The number of hydrogen-bond donors (Lipinski definition) is 0. The fraction of sp³-hybridized carbons (Fsp3) is 0.500. The van der Waals surface area contributed by atoms with E-state index in [4.69, 9.17) is 0 Å². The zero-order valence-electron chi connectivity index (χ0n) is 10.7. The van der Waals surface area contributed by atoms with Crippen LogP contribution in [0.5, 0.6) is 0 Å². The quantitative estimate of drug-likeness (QED) is 0.840. The molecule has 1 aliphatic carbocycles. The maximum absolute atomic E-state index is 12.1. The number of carbonyl (C=O) groups is 1. The van der Waals surface area contributed by atoms with Crippen LogP contribution in [0.2, 0.25) is 0 Å². The van der Waals surface area contributed by atoms with Crippen LogP contribution in [0.3, 0.4) is 0 Å². The Morgan fingerprint density at radius 2 is 1.94 bits per heavy atom. The van der Waals surface area contributed by atoms with Gasteiger partial charge in [0.2, 0.25) is 0 Å². The fourth-order valence-electron chi connectivity index (χ4n) is 2.29. The second-order valence-corrected chi connectivity index (χ2v) is 7.80. The van der Waals surface area contributed by atoms with Crippen LogP contribution in [-0.2, 0) is 16.3 Å². The lowest BCUT2D eigenvalue weighted by Gasteiger charge is -2.10. The SMILES string of the molecule is CC(C)S(=O)(=O)CCC1Cc2ccccc2C1=O. The summed E-state index contributed by atoms with van der Waals surface area (Å²) in [6, 6.07) is 7.54. The standard InChI is InChI=1S/C14H18O3S/c1-10(2)18(16,17)8-7-12-9-11-5-3-4-6-13(11)14(12)15/h3-6,10,12H,7-9H2,1-2H3. The first-order chi connectivity index (χ1) is 8.42. The Balaban J connectivity index is 2.05. The minimum absolute atomic E-state index is 0.101. The summed E-state index contributed by atoms with van der Waals surface area (Å²) in [6.07, 6.45) is 1.12. The van der Waals surface area contributed by atoms with E-state index in [9.17, 15) is 13.2 Å². The lowest BCUT2D eigenvalue weighted by Crippen LogP contribution is -2.21. The van der Waals surface area contributed by atoms with E-state index in [0.29, 0.717) is 12.8 Å². The molecule has 1 aromatic carbocycles. The molecule has 0 aliphatic heterocycles. The molecule has 3 nitrogen and oxygen atoms in total. The van der Waals surface area contributed by atoms with E-state index in [0.717, 1.165) is 11.1 Å². The van der Waals surface area contributed by atoms with Gasteiger partial charge in [0.1, 0.15) is 0 Å². The maximum atomic E-state index is 12.1. The van der Waals surface area contributed by atoms with Crippen LogP contribution < -0.4 is 0 Å². The van der Waals surface area contributed by atoms with Crippen molar-refractivity contribution in [2.24, 2.45) is 5.92 Å². The highest BCUT2D eigenvalue weighted by Crippen LogP contribution is 2.29. The Labute approximate surface area is 108 Å². The molecule has 18 heavy (non-hydrogen) atoms. The molecule has 98 valence electrons. The minimum Gasteiger partial charge on any atom is -0.294 e. The number of benzene rings is 1. The summed E-state index contributed by atoms with van der Waals surface area (Å²) in [7, 11) is -3.05. The molecule has 1 atom stereocenters. The molecule has 2 rings (SSSR count). The Morgan fingerprint density at radius 1 is 1.28 bits per heavy atom. The lowest BCUT2D eigenvalue weighted by atomic mass is 10.0. The minimum atomic E-state index is -3.05. The maximum Gasteiger partial charge on any atom is 0.166 e. The van der Waals surface area contributed by atoms with Crippen molar-refractivity contribution in [1.29, 1.82) is 0 Å². The van der Waals surface area contributed by atoms with Gasteiger partial charge in [0.25, 0.3) is 0 Å². The highest BCUT2D eigenvalue weighted by Gasteiger charge is 2.31. The molecular weight excluding hydrogens is 248 g/mol. The van der Waals surface area contributed by atoms with Crippen LogP contribution in [0.25, 0.3) is 0 Å². The van der Waals surface area contributed by atoms with E-state index in [1.807, 2.05) is 24.3 Å². The van der Waals surface area contributed by atoms with Crippen molar-refractivity contribution < 1.29 is 13.2 Å². The van der Waals surface area contributed by atoms with Crippen LogP contribution >= 0.6 is 0 Å². The molecule has 0 N–H and O–H groups in total. The highest BCUT2D eigenvalue weighted by molar-refractivity contribution is 7.91. The largest absolute Gasteiger partial charge is 0.294 e. The zero-order chi connectivity index (χ0) is 13.3. The second-order valence-electron chi connectivity index (χ2n) is 5.13. The summed E-state index contributed by atoms with van der Waals surface area (Å²) in [5, 5.41) is -0.364. The van der Waals surface area contributed by atoms with E-state index < -0.39 is 9.84 Å². The van der Waals surface area contributed by atoms with Gasteiger partial charge in [-0.2, -0.15) is 0 Å². The molecule has 0 saturated heterocycles. The van der Waals surface area contributed by atoms with Crippen LogP contribution in [0.1, 0.15) is 36.2 Å². The van der Waals surface area contributed by atoms with Crippen molar-refractivity contribution in [2.75, 3.05) is 5.75 Å². The van der Waals surface area contributed by atoms with Gasteiger partial charge in [-0.1, -0.05) is 24.3 Å². The molecule has 1 aromatic rings. The summed E-state index contributed by atoms with van der Waals surface area (Å²) in [6.45, 7) is 3.36. The van der Waals surface area contributed by atoms with Crippen molar-refractivity contribution in [3.63, 3.8) is 0 Å². The van der Waals surface area contributed by atoms with Crippen molar-refractivity contribution in [1.82, 2.24) is 0 Å². The topological polar surface area (TPSA) is 51.2 Å². The molecule has 0 radical (unpaired) electrons. The Hall–Kier alpha value is -1.16. The number of fused-ring (bicyclic) bond motifs is 1. The van der Waals surface area contributed by atoms with Crippen LogP contribution in [-0.4, -0.2) is 25.2 Å². The van der Waals surface area contributed by atoms with Gasteiger partial charge in [-0.25, -0.2) is 8.42 Å². The predicted molar refractivity (Wildman–Crippen MR) is 71.5 cm³/mol. The molecule has 0 fully saturated rings. The third kappa shape index (κ3) is 2.48. The second kappa shape index (κ2) is 4.84. The average Bonchev–Trinajstić information content (AvgIpc) is 2.64. The van der Waals surface area contributed by atoms with Crippen molar-refractivity contribution >= 4 is 15.6 Å². The first-order valence-corrected chi connectivity index (χ1v) is 7.97. The molecule has 4 heteroatoms. The number of rotatable bonds is 4. The van der Waals surface area contributed by atoms with E-state index in [-0.39, 0.29) is 22.7 Å². The van der Waals surface area contributed by atoms with E-state index in [1.165, 1.54) is 0 Å². The van der Waals surface area contributed by atoms with Crippen LogP contribution in [0.15, 0.2) is 24.3 Å². The van der Waals surface area contributed by atoms with Gasteiger partial charge in [-0.05, 0) is 32.3 Å². The van der Waals surface area contributed by atoms with Gasteiger partial charge < -0.3 is 0 Å². The highest BCUT2D eigenvalue weighted by atomic mass is 32.2. The molecule has 0 saturated carbocycles. The summed E-state index contributed by atoms with van der Waals surface area (Å²) in [5.41, 5.74) is 1.82. The summed E-state index contributed by atoms with van der Waals surface area (Å²) in [4.78, 5) is 12.1. The normalized spacial score (nSPS) is 19.3. The van der Waals surface area contributed by atoms with Crippen molar-refractivity contribution in [3.8, 4) is 0 Å². The molecule has 1 unspecified atom stereocenters. The average molecular weight is 266 g/mol. The van der Waals surface area contributed by atoms with Gasteiger partial charge in [-0.15, -0.1) is 0 Å². The van der Waals surface area contributed by atoms with Crippen molar-refractivity contribution in [3.05, 3.63) is 35.4 Å². The molecule has 0 bridgehead atoms. The molecule has 0 amide bonds. The summed E-state index contributed by atoms with van der Waals surface area (Å²) >= 11 is 0. The molecule has 1 aliphatic rings. The zero-order valence-corrected chi connectivity index (χ0v) is 11.5. The Bertz CT molecular complexity index is 558. The number of carbonyl (C=O) groups excluding carboxylic acids is 1. The number of Topliss-reactive ketones (excluding diaryl/α,β-unsaturated/α-hetero) is 1. The molecular formula is C14H18O3S. The number of hydrogen-bond acceptors (Lipinski definition) is 3. The van der Waals surface area contributed by atoms with Crippen molar-refractivity contribution in [2.45, 2.75) is 31.9 Å². The Morgan fingerprint density at radius 3 is 2.56 bits per heavy atom. The van der Waals surface area contributed by atoms with Crippen LogP contribution in [0.4, 0.5) is 0 Å². The predicted octanol–water partition coefficient (Wildman–Crippen LogP) is 2.25. The van der Waals surface area contributed by atoms with Gasteiger partial charge in [0.05, 0.1) is 11.0 Å². The summed E-state index contributed by atoms with van der Waals surface area (Å²) < 4.78 is 23.5. The first-order valence-electron chi connectivity index (χ1n) is 6.25. The van der Waals surface area contributed by atoms with Gasteiger partial charge in [0.15, 0.2) is 15.6 Å². The van der Waals surface area contributed by atoms with E-state index in [2.05, 4.69) is 0 Å². The van der Waals surface area contributed by atoms with Gasteiger partial charge in [-0.3, -0.25) is 4.79 Å². The van der Waals surface area contributed by atoms with Gasteiger partial charge in [0, 0.05) is 11.5 Å². The smallest absolute Gasteiger partial charge is 0.166 e. The van der Waals surface area contributed by atoms with E-state index >= 15 is 0 Å². The first kappa shape index (κ1) is 13.3. The summed E-state index contributed by atoms with van der Waals surface area (Å²) in [5.74, 6) is 0.0511. The third-order valence-electron chi connectivity index (χ3n) is 3.59. The van der Waals surface area contributed by atoms with Crippen LogP contribution in [0, 0.1) is 5.92 Å². The number of sulfone groups is 1. The Kier molecular flexibility index (Phi) is 3.57. The number of ketones is 1. The lowest BCUT2D eigenvalue weighted by molar-refractivity contribution is 0.0934.